The zero-order valence-corrected chi connectivity index (χ0v) is 22.6. The maximum Gasteiger partial charge on any atom is 0.241 e. The van der Waals surface area contributed by atoms with Crippen LogP contribution in [-0.4, -0.2) is 96.5 Å². The minimum Gasteiger partial charge on any atom is -0.376 e. The summed E-state index contributed by atoms with van der Waals surface area (Å²) in [4.78, 5) is 33.7. The van der Waals surface area contributed by atoms with Gasteiger partial charge < -0.3 is 30.1 Å². The van der Waals surface area contributed by atoms with Gasteiger partial charge in [-0.1, -0.05) is 6.07 Å². The average Bonchev–Trinajstić information content (AvgIpc) is 3.49. The molecule has 2 atom stereocenters. The summed E-state index contributed by atoms with van der Waals surface area (Å²) >= 11 is 0. The SMILES string of the molecule is [C-]#[N+]c1ccc2c(c1)N(CC(=O)N(C)C)CCN2c1n[nH]c2nc(N3CCC4(CC3)CO[C@@H](C)[C@H]4N)cnc12. The first-order valence-corrected chi connectivity index (χ1v) is 13.4. The van der Waals surface area contributed by atoms with Gasteiger partial charge in [-0.3, -0.25) is 9.89 Å². The maximum absolute atomic E-state index is 12.5. The van der Waals surface area contributed by atoms with Crippen LogP contribution in [0.25, 0.3) is 16.0 Å². The van der Waals surface area contributed by atoms with Crippen LogP contribution in [-0.2, 0) is 9.53 Å². The largest absolute Gasteiger partial charge is 0.376 e. The Kier molecular flexibility index (Phi) is 6.28. The van der Waals surface area contributed by atoms with Crippen LogP contribution >= 0.6 is 0 Å². The number of nitrogens with one attached hydrogen (secondary N) is 1. The molecule has 1 aromatic carbocycles. The smallest absolute Gasteiger partial charge is 0.241 e. The summed E-state index contributed by atoms with van der Waals surface area (Å²) < 4.78 is 5.87. The fourth-order valence-corrected chi connectivity index (χ4v) is 5.99. The van der Waals surface area contributed by atoms with Gasteiger partial charge in [0.2, 0.25) is 5.91 Å². The van der Waals surface area contributed by atoms with Gasteiger partial charge in [-0.05, 0) is 31.9 Å². The molecule has 12 heteroatoms. The predicted molar refractivity (Wildman–Crippen MR) is 150 cm³/mol. The number of hydrogen-bond acceptors (Lipinski definition) is 9. The van der Waals surface area contributed by atoms with E-state index in [9.17, 15) is 4.79 Å². The van der Waals surface area contributed by atoms with E-state index >= 15 is 0 Å². The molecular formula is C27H34N10O2. The molecule has 204 valence electrons. The summed E-state index contributed by atoms with van der Waals surface area (Å²) in [5.74, 6) is 1.51. The van der Waals surface area contributed by atoms with Crippen molar-refractivity contribution in [2.45, 2.75) is 31.9 Å². The molecule has 0 unspecified atom stereocenters. The van der Waals surface area contributed by atoms with Gasteiger partial charge in [0.1, 0.15) is 5.82 Å². The number of fused-ring (bicyclic) bond motifs is 2. The Morgan fingerprint density at radius 3 is 2.74 bits per heavy atom. The highest BCUT2D eigenvalue weighted by atomic mass is 16.5. The van der Waals surface area contributed by atoms with Crippen LogP contribution in [0, 0.1) is 12.0 Å². The van der Waals surface area contributed by atoms with Gasteiger partial charge in [0.15, 0.2) is 22.7 Å². The van der Waals surface area contributed by atoms with E-state index in [0.29, 0.717) is 35.8 Å². The first-order chi connectivity index (χ1) is 18.8. The number of anilines is 4. The van der Waals surface area contributed by atoms with Crippen molar-refractivity contribution in [2.24, 2.45) is 11.1 Å². The van der Waals surface area contributed by atoms with Crippen LogP contribution in [0.5, 0.6) is 0 Å². The monoisotopic (exact) mass is 530 g/mol. The van der Waals surface area contributed by atoms with Crippen molar-refractivity contribution < 1.29 is 9.53 Å². The number of ether oxygens (including phenoxy) is 1. The van der Waals surface area contributed by atoms with Gasteiger partial charge in [0.25, 0.3) is 0 Å². The highest BCUT2D eigenvalue weighted by Gasteiger charge is 2.47. The van der Waals surface area contributed by atoms with E-state index < -0.39 is 0 Å². The molecule has 2 fully saturated rings. The fraction of sp³-hybridized carbons (Fsp3) is 0.519. The summed E-state index contributed by atoms with van der Waals surface area (Å²) in [5, 5.41) is 7.69. The Balaban J connectivity index is 1.25. The molecule has 0 radical (unpaired) electrons. The summed E-state index contributed by atoms with van der Waals surface area (Å²) in [5.41, 5.74) is 10.1. The molecule has 0 aliphatic carbocycles. The molecule has 1 spiro atoms. The second-order valence-electron chi connectivity index (χ2n) is 11.0. The van der Waals surface area contributed by atoms with Crippen LogP contribution < -0.4 is 20.4 Å². The van der Waals surface area contributed by atoms with Crippen molar-refractivity contribution in [1.82, 2.24) is 25.1 Å². The number of nitrogens with two attached hydrogens (primary N) is 1. The average molecular weight is 531 g/mol. The lowest BCUT2D eigenvalue weighted by molar-refractivity contribution is -0.127. The van der Waals surface area contributed by atoms with Crippen LogP contribution in [0.4, 0.5) is 28.7 Å². The number of rotatable bonds is 4. The number of benzene rings is 1. The van der Waals surface area contributed by atoms with E-state index in [2.05, 4.69) is 31.8 Å². The number of aromatic amines is 1. The lowest BCUT2D eigenvalue weighted by atomic mass is 9.73. The number of piperidine rings is 1. The molecule has 0 saturated carbocycles. The number of H-pyrrole nitrogens is 1. The van der Waals surface area contributed by atoms with Crippen molar-refractivity contribution in [3.05, 3.63) is 35.8 Å². The normalized spacial score (nSPS) is 22.3. The van der Waals surface area contributed by atoms with E-state index in [4.69, 9.17) is 27.0 Å². The number of amides is 1. The Bertz CT molecular complexity index is 1440. The number of carbonyl (C=O) groups is 1. The standard InChI is InChI=1S/C27H34N10O2/c1-17-24(28)27(16-39-17)7-9-35(10-8-27)21-14-30-23-25(31-21)32-33-26(23)37-12-11-36(15-22(38)34(3)4)20-13-18(29-2)5-6-19(20)37/h5-6,13-14,17,24H,7-12,15-16,28H2,1,3-4H3,(H,31,32,33)/t17-,24+/m0/s1. The molecule has 5 heterocycles. The second kappa shape index (κ2) is 9.66. The van der Waals surface area contributed by atoms with Crippen molar-refractivity contribution >= 4 is 45.8 Å². The molecule has 3 aliphatic heterocycles. The third-order valence-electron chi connectivity index (χ3n) is 8.56. The van der Waals surface area contributed by atoms with Gasteiger partial charge in [-0.15, -0.1) is 0 Å². The molecule has 3 N–H and O–H groups in total. The van der Waals surface area contributed by atoms with Gasteiger partial charge in [-0.25, -0.2) is 14.8 Å². The van der Waals surface area contributed by atoms with Gasteiger partial charge in [-0.2, -0.15) is 5.10 Å². The number of nitrogens with zero attached hydrogens (tertiary/aromatic N) is 8. The molecular weight excluding hydrogens is 496 g/mol. The van der Waals surface area contributed by atoms with Crippen LogP contribution in [0.2, 0.25) is 0 Å². The summed E-state index contributed by atoms with van der Waals surface area (Å²) in [6, 6.07) is 5.61. The molecule has 6 rings (SSSR count). The van der Waals surface area contributed by atoms with E-state index in [1.807, 2.05) is 23.2 Å². The molecule has 3 aromatic rings. The Morgan fingerprint density at radius 2 is 2.05 bits per heavy atom. The quantitative estimate of drug-likeness (QED) is 0.489. The Labute approximate surface area is 227 Å². The first-order valence-electron chi connectivity index (χ1n) is 13.4. The van der Waals surface area contributed by atoms with E-state index in [-0.39, 0.29) is 30.0 Å². The minimum absolute atomic E-state index is 0.00631. The summed E-state index contributed by atoms with van der Waals surface area (Å²) in [6.45, 7) is 13.4. The highest BCUT2D eigenvalue weighted by Crippen LogP contribution is 2.43. The zero-order valence-electron chi connectivity index (χ0n) is 22.6. The molecule has 39 heavy (non-hydrogen) atoms. The number of hydrogen-bond donors (Lipinski definition) is 2. The van der Waals surface area contributed by atoms with Crippen LogP contribution in [0.1, 0.15) is 19.8 Å². The fourth-order valence-electron chi connectivity index (χ4n) is 5.99. The van der Waals surface area contributed by atoms with Crippen molar-refractivity contribution in [1.29, 1.82) is 0 Å². The number of aromatic nitrogens is 4. The molecule has 3 aliphatic rings. The summed E-state index contributed by atoms with van der Waals surface area (Å²) in [7, 11) is 3.50. The maximum atomic E-state index is 12.5. The Morgan fingerprint density at radius 1 is 1.26 bits per heavy atom. The van der Waals surface area contributed by atoms with E-state index in [1.54, 1.807) is 25.1 Å². The van der Waals surface area contributed by atoms with E-state index in [1.165, 1.54) is 0 Å². The van der Waals surface area contributed by atoms with Gasteiger partial charge in [0.05, 0.1) is 43.4 Å². The van der Waals surface area contributed by atoms with Crippen molar-refractivity contribution in [2.75, 3.05) is 68.1 Å². The van der Waals surface area contributed by atoms with E-state index in [0.717, 1.165) is 49.7 Å². The van der Waals surface area contributed by atoms with Gasteiger partial charge >= 0.3 is 0 Å². The second-order valence-corrected chi connectivity index (χ2v) is 11.0. The number of likely N-dealkylation sites (N-methyl/N-ethyl adjacent to an activating group) is 1. The highest BCUT2D eigenvalue weighted by molar-refractivity contribution is 5.92. The lowest BCUT2D eigenvalue weighted by Gasteiger charge is -2.41. The van der Waals surface area contributed by atoms with Crippen molar-refractivity contribution in [3.8, 4) is 0 Å². The minimum atomic E-state index is 0.00631. The van der Waals surface area contributed by atoms with Crippen molar-refractivity contribution in [3.63, 3.8) is 0 Å². The summed E-state index contributed by atoms with van der Waals surface area (Å²) in [6.07, 6.45) is 3.86. The first kappa shape index (κ1) is 25.3. The van der Waals surface area contributed by atoms with Crippen LogP contribution in [0.15, 0.2) is 24.4 Å². The molecule has 2 saturated heterocycles. The lowest BCUT2D eigenvalue weighted by Crippen LogP contribution is -2.50. The molecule has 12 nitrogen and oxygen atoms in total. The molecule has 0 bridgehead atoms. The number of carbonyl (C=O) groups excluding carboxylic acids is 1. The topological polar surface area (TPSA) is 124 Å². The zero-order chi connectivity index (χ0) is 27.3. The third-order valence-corrected chi connectivity index (χ3v) is 8.56. The predicted octanol–water partition coefficient (Wildman–Crippen LogP) is 2.28. The van der Waals surface area contributed by atoms with Gasteiger partial charge in [0, 0.05) is 51.7 Å². The Hall–Kier alpha value is -3.95. The molecule has 1 amide bonds. The third kappa shape index (κ3) is 4.31. The molecule has 2 aromatic heterocycles. The van der Waals surface area contributed by atoms with Crippen LogP contribution in [0.3, 0.4) is 0 Å².